The summed E-state index contributed by atoms with van der Waals surface area (Å²) in [7, 11) is 0. The summed E-state index contributed by atoms with van der Waals surface area (Å²) in [6.07, 6.45) is 1.69. The Hall–Kier alpha value is -2.37. The van der Waals surface area contributed by atoms with Crippen LogP contribution >= 0.6 is 11.6 Å². The minimum atomic E-state index is -0.542. The Labute approximate surface area is 175 Å². The van der Waals surface area contributed by atoms with E-state index < -0.39 is 12.2 Å². The summed E-state index contributed by atoms with van der Waals surface area (Å²) >= 11 is 6.03. The molecule has 29 heavy (non-hydrogen) atoms. The number of halogens is 1. The molecule has 152 valence electrons. The van der Waals surface area contributed by atoms with Gasteiger partial charge in [0.05, 0.1) is 11.8 Å². The summed E-state index contributed by atoms with van der Waals surface area (Å²) < 4.78 is 0. The second-order valence-corrected chi connectivity index (χ2v) is 8.22. The SMILES string of the molecule is O=C([C@@H]1CC(Cc2cccc(Cl)c2)=NO1)N1CCC([C@@H](O)c2ccccc2)CC1. The summed E-state index contributed by atoms with van der Waals surface area (Å²) in [5, 5.41) is 15.4. The highest BCUT2D eigenvalue weighted by Crippen LogP contribution is 2.31. The van der Waals surface area contributed by atoms with Gasteiger partial charge in [-0.1, -0.05) is 59.2 Å². The molecule has 1 saturated heterocycles. The van der Waals surface area contributed by atoms with Gasteiger partial charge in [-0.25, -0.2) is 0 Å². The van der Waals surface area contributed by atoms with Crippen LogP contribution in [-0.2, 0) is 16.1 Å². The molecule has 2 aliphatic heterocycles. The molecule has 5 nitrogen and oxygen atoms in total. The zero-order valence-corrected chi connectivity index (χ0v) is 17.0. The average molecular weight is 413 g/mol. The maximum absolute atomic E-state index is 12.8. The van der Waals surface area contributed by atoms with E-state index in [0.29, 0.717) is 31.0 Å². The molecule has 2 aromatic rings. The van der Waals surface area contributed by atoms with E-state index in [1.54, 1.807) is 0 Å². The molecule has 2 aliphatic rings. The number of hydrogen-bond donors (Lipinski definition) is 1. The second-order valence-electron chi connectivity index (χ2n) is 7.78. The van der Waals surface area contributed by atoms with Crippen LogP contribution in [0.5, 0.6) is 0 Å². The number of piperidine rings is 1. The molecule has 0 aliphatic carbocycles. The molecular formula is C23H25ClN2O3. The van der Waals surface area contributed by atoms with Crippen molar-refractivity contribution >= 4 is 23.2 Å². The lowest BCUT2D eigenvalue weighted by molar-refractivity contribution is -0.144. The Morgan fingerprint density at radius 1 is 1.17 bits per heavy atom. The third kappa shape index (κ3) is 4.80. The van der Waals surface area contributed by atoms with Gasteiger partial charge in [-0.05, 0) is 42.0 Å². The molecule has 1 amide bonds. The van der Waals surface area contributed by atoms with Gasteiger partial charge < -0.3 is 14.8 Å². The third-order valence-electron chi connectivity index (χ3n) is 5.74. The first-order valence-electron chi connectivity index (χ1n) is 10.1. The lowest BCUT2D eigenvalue weighted by atomic mass is 9.87. The number of benzene rings is 2. The predicted molar refractivity (Wildman–Crippen MR) is 113 cm³/mol. The lowest BCUT2D eigenvalue weighted by Crippen LogP contribution is -2.44. The van der Waals surface area contributed by atoms with Crippen LogP contribution in [0.15, 0.2) is 59.8 Å². The van der Waals surface area contributed by atoms with E-state index in [1.807, 2.05) is 59.5 Å². The molecule has 0 unspecified atom stereocenters. The van der Waals surface area contributed by atoms with E-state index in [9.17, 15) is 9.90 Å². The van der Waals surface area contributed by atoms with Gasteiger partial charge in [-0.3, -0.25) is 4.79 Å². The smallest absolute Gasteiger partial charge is 0.266 e. The quantitative estimate of drug-likeness (QED) is 0.807. The minimum absolute atomic E-state index is 0.0116. The Kier molecular flexibility index (Phi) is 6.16. The standard InChI is InChI=1S/C23H25ClN2O3/c24-19-8-4-5-16(13-19)14-20-15-21(29-25-20)23(28)26-11-9-18(10-12-26)22(27)17-6-2-1-3-7-17/h1-8,13,18,21-22,27H,9-12,14-15H2/t21-,22-/m0/s1. The topological polar surface area (TPSA) is 62.1 Å². The number of amides is 1. The Bertz CT molecular complexity index is 879. The van der Waals surface area contributed by atoms with E-state index in [2.05, 4.69) is 5.16 Å². The largest absolute Gasteiger partial charge is 0.388 e. The summed E-state index contributed by atoms with van der Waals surface area (Å²) in [5.74, 6) is 0.156. The summed E-state index contributed by atoms with van der Waals surface area (Å²) in [6, 6.07) is 17.4. The van der Waals surface area contributed by atoms with Crippen molar-refractivity contribution in [2.45, 2.75) is 37.9 Å². The summed E-state index contributed by atoms with van der Waals surface area (Å²) in [6.45, 7) is 1.27. The van der Waals surface area contributed by atoms with Crippen LogP contribution in [-0.4, -0.2) is 40.8 Å². The Balaban J connectivity index is 1.27. The molecular weight excluding hydrogens is 388 g/mol. The fraction of sp³-hybridized carbons (Fsp3) is 0.391. The van der Waals surface area contributed by atoms with Crippen molar-refractivity contribution in [2.24, 2.45) is 11.1 Å². The molecule has 2 heterocycles. The molecule has 0 radical (unpaired) electrons. The molecule has 0 bridgehead atoms. The zero-order valence-electron chi connectivity index (χ0n) is 16.2. The van der Waals surface area contributed by atoms with E-state index >= 15 is 0 Å². The Morgan fingerprint density at radius 2 is 1.93 bits per heavy atom. The van der Waals surface area contributed by atoms with Gasteiger partial charge in [0.25, 0.3) is 5.91 Å². The molecule has 0 saturated carbocycles. The highest BCUT2D eigenvalue weighted by atomic mass is 35.5. The van der Waals surface area contributed by atoms with Crippen molar-refractivity contribution in [1.29, 1.82) is 0 Å². The van der Waals surface area contributed by atoms with Gasteiger partial charge in [0, 0.05) is 31.0 Å². The Morgan fingerprint density at radius 3 is 2.66 bits per heavy atom. The molecule has 0 aromatic heterocycles. The monoisotopic (exact) mass is 412 g/mol. The van der Waals surface area contributed by atoms with E-state index in [4.69, 9.17) is 16.4 Å². The van der Waals surface area contributed by atoms with Crippen LogP contribution in [0.3, 0.4) is 0 Å². The number of rotatable bonds is 5. The number of carbonyl (C=O) groups is 1. The van der Waals surface area contributed by atoms with Gasteiger partial charge in [-0.15, -0.1) is 0 Å². The molecule has 2 atom stereocenters. The van der Waals surface area contributed by atoms with Crippen LogP contribution in [0.25, 0.3) is 0 Å². The number of aliphatic hydroxyl groups is 1. The van der Waals surface area contributed by atoms with Crippen molar-refractivity contribution in [3.05, 3.63) is 70.7 Å². The van der Waals surface area contributed by atoms with Crippen molar-refractivity contribution < 1.29 is 14.7 Å². The maximum atomic E-state index is 12.8. The van der Waals surface area contributed by atoms with E-state index in [0.717, 1.165) is 29.7 Å². The summed E-state index contributed by atoms with van der Waals surface area (Å²) in [4.78, 5) is 20.1. The highest BCUT2D eigenvalue weighted by molar-refractivity contribution is 6.30. The van der Waals surface area contributed by atoms with Crippen molar-refractivity contribution in [2.75, 3.05) is 13.1 Å². The molecule has 1 fully saturated rings. The fourth-order valence-electron chi connectivity index (χ4n) is 4.11. The molecule has 0 spiro atoms. The first-order valence-corrected chi connectivity index (χ1v) is 10.5. The second kappa shape index (κ2) is 8.97. The molecule has 4 rings (SSSR count). The van der Waals surface area contributed by atoms with Gasteiger partial charge in [0.1, 0.15) is 0 Å². The summed E-state index contributed by atoms with van der Waals surface area (Å²) in [5.41, 5.74) is 2.86. The number of likely N-dealkylation sites (tertiary alicyclic amines) is 1. The van der Waals surface area contributed by atoms with Crippen LogP contribution in [0.2, 0.25) is 5.02 Å². The van der Waals surface area contributed by atoms with Crippen molar-refractivity contribution in [3.8, 4) is 0 Å². The number of nitrogens with zero attached hydrogens (tertiary/aromatic N) is 2. The third-order valence-corrected chi connectivity index (χ3v) is 5.98. The fourth-order valence-corrected chi connectivity index (χ4v) is 4.32. The number of oxime groups is 1. The molecule has 1 N–H and O–H groups in total. The van der Waals surface area contributed by atoms with Gasteiger partial charge in [0.15, 0.2) is 0 Å². The predicted octanol–water partition coefficient (Wildman–Crippen LogP) is 4.00. The zero-order chi connectivity index (χ0) is 20.2. The van der Waals surface area contributed by atoms with Gasteiger partial charge in [-0.2, -0.15) is 0 Å². The molecule has 6 heteroatoms. The normalized spacial score (nSPS) is 20.8. The van der Waals surface area contributed by atoms with Crippen LogP contribution in [0, 0.1) is 5.92 Å². The first kappa shape index (κ1) is 19.9. The highest BCUT2D eigenvalue weighted by Gasteiger charge is 2.35. The van der Waals surface area contributed by atoms with E-state index in [-0.39, 0.29) is 11.8 Å². The maximum Gasteiger partial charge on any atom is 0.266 e. The average Bonchev–Trinajstić information content (AvgIpc) is 3.22. The van der Waals surface area contributed by atoms with Crippen LogP contribution in [0.1, 0.15) is 36.5 Å². The number of carbonyl (C=O) groups excluding carboxylic acids is 1. The van der Waals surface area contributed by atoms with Gasteiger partial charge >= 0.3 is 0 Å². The van der Waals surface area contributed by atoms with Crippen LogP contribution in [0.4, 0.5) is 0 Å². The number of hydrogen-bond acceptors (Lipinski definition) is 4. The van der Waals surface area contributed by atoms with Gasteiger partial charge in [0.2, 0.25) is 6.10 Å². The number of aliphatic hydroxyl groups excluding tert-OH is 1. The minimum Gasteiger partial charge on any atom is -0.388 e. The van der Waals surface area contributed by atoms with Crippen molar-refractivity contribution in [1.82, 2.24) is 4.90 Å². The molecule has 2 aromatic carbocycles. The lowest BCUT2D eigenvalue weighted by Gasteiger charge is -2.35. The van der Waals surface area contributed by atoms with E-state index in [1.165, 1.54) is 0 Å². The van der Waals surface area contributed by atoms with Crippen LogP contribution < -0.4 is 0 Å². The van der Waals surface area contributed by atoms with Crippen molar-refractivity contribution in [3.63, 3.8) is 0 Å². The first-order chi connectivity index (χ1) is 14.1.